The van der Waals surface area contributed by atoms with Crippen molar-refractivity contribution in [3.05, 3.63) is 35.9 Å². The summed E-state index contributed by atoms with van der Waals surface area (Å²) in [5.74, 6) is 0.125. The zero-order valence-electron chi connectivity index (χ0n) is 12.3. The molecule has 1 heterocycles. The number of carbonyl (C=O) groups excluding carboxylic acids is 1. The van der Waals surface area contributed by atoms with E-state index in [1.807, 2.05) is 0 Å². The maximum Gasteiger partial charge on any atom is 0.238 e. The third-order valence-electron chi connectivity index (χ3n) is 3.91. The number of piperazine rings is 1. The summed E-state index contributed by atoms with van der Waals surface area (Å²) in [5.41, 5.74) is 1.40. The van der Waals surface area contributed by atoms with Gasteiger partial charge in [0, 0.05) is 26.7 Å². The lowest BCUT2D eigenvalue weighted by Crippen LogP contribution is -2.57. The van der Waals surface area contributed by atoms with Gasteiger partial charge >= 0.3 is 0 Å². The first-order valence-corrected chi connectivity index (χ1v) is 7.51. The van der Waals surface area contributed by atoms with Crippen LogP contribution in [0.15, 0.2) is 30.3 Å². The zero-order valence-corrected chi connectivity index (χ0v) is 12.3. The Hall–Kier alpha value is -1.39. The number of nitrogens with zero attached hydrogens (tertiary/aromatic N) is 1. The fourth-order valence-electron chi connectivity index (χ4n) is 2.73. The van der Waals surface area contributed by atoms with Crippen LogP contribution >= 0.6 is 0 Å². The van der Waals surface area contributed by atoms with Gasteiger partial charge in [-0.2, -0.15) is 0 Å². The molecule has 1 aromatic carbocycles. The number of rotatable bonds is 6. The molecule has 0 aliphatic carbocycles. The number of carbonyl (C=O) groups is 1. The van der Waals surface area contributed by atoms with E-state index >= 15 is 0 Å². The van der Waals surface area contributed by atoms with Gasteiger partial charge in [-0.15, -0.1) is 0 Å². The molecule has 1 unspecified atom stereocenters. The Morgan fingerprint density at radius 2 is 2.15 bits per heavy atom. The molecule has 1 aliphatic heterocycles. The van der Waals surface area contributed by atoms with E-state index in [2.05, 4.69) is 45.9 Å². The van der Waals surface area contributed by atoms with Crippen molar-refractivity contribution in [1.29, 1.82) is 0 Å². The fourth-order valence-corrected chi connectivity index (χ4v) is 2.73. The second-order valence-electron chi connectivity index (χ2n) is 5.31. The molecular weight excluding hydrogens is 250 g/mol. The van der Waals surface area contributed by atoms with Gasteiger partial charge in [0.1, 0.15) is 6.04 Å². The van der Waals surface area contributed by atoms with Crippen LogP contribution in [-0.2, 0) is 11.2 Å². The van der Waals surface area contributed by atoms with Crippen LogP contribution < -0.4 is 10.6 Å². The SMILES string of the molecule is CNC(=O)C1CNCCN1CCCCc1ccccc1. The van der Waals surface area contributed by atoms with Crippen molar-refractivity contribution in [2.75, 3.05) is 33.2 Å². The molecule has 4 heteroatoms. The summed E-state index contributed by atoms with van der Waals surface area (Å²) >= 11 is 0. The zero-order chi connectivity index (χ0) is 14.2. The van der Waals surface area contributed by atoms with Gasteiger partial charge < -0.3 is 10.6 Å². The Kier molecular flexibility index (Phi) is 6.02. The van der Waals surface area contributed by atoms with Crippen molar-refractivity contribution >= 4 is 5.91 Å². The lowest BCUT2D eigenvalue weighted by atomic mass is 10.1. The van der Waals surface area contributed by atoms with E-state index in [4.69, 9.17) is 0 Å². The highest BCUT2D eigenvalue weighted by Crippen LogP contribution is 2.08. The second kappa shape index (κ2) is 8.02. The van der Waals surface area contributed by atoms with Crippen LogP contribution in [0.4, 0.5) is 0 Å². The van der Waals surface area contributed by atoms with Crippen molar-refractivity contribution in [1.82, 2.24) is 15.5 Å². The van der Waals surface area contributed by atoms with E-state index in [1.165, 1.54) is 12.0 Å². The minimum atomic E-state index is -0.00882. The van der Waals surface area contributed by atoms with Crippen molar-refractivity contribution in [2.45, 2.75) is 25.3 Å². The normalized spacial score (nSPS) is 19.8. The number of benzene rings is 1. The van der Waals surface area contributed by atoms with E-state index in [1.54, 1.807) is 7.05 Å². The molecule has 0 radical (unpaired) electrons. The van der Waals surface area contributed by atoms with Crippen LogP contribution in [0.5, 0.6) is 0 Å². The number of aryl methyl sites for hydroxylation is 1. The van der Waals surface area contributed by atoms with Gasteiger partial charge in [0.15, 0.2) is 0 Å². The van der Waals surface area contributed by atoms with Gasteiger partial charge in [-0.1, -0.05) is 30.3 Å². The first-order chi connectivity index (χ1) is 9.81. The summed E-state index contributed by atoms with van der Waals surface area (Å²) in [6, 6.07) is 10.6. The van der Waals surface area contributed by atoms with E-state index in [9.17, 15) is 4.79 Å². The molecule has 1 aromatic rings. The molecule has 110 valence electrons. The molecule has 0 saturated carbocycles. The predicted octanol–water partition coefficient (Wildman–Crippen LogP) is 1.03. The number of amides is 1. The van der Waals surface area contributed by atoms with E-state index < -0.39 is 0 Å². The minimum Gasteiger partial charge on any atom is -0.358 e. The number of hydrogen-bond donors (Lipinski definition) is 2. The first-order valence-electron chi connectivity index (χ1n) is 7.51. The average molecular weight is 275 g/mol. The molecule has 0 aromatic heterocycles. The van der Waals surface area contributed by atoms with Gasteiger partial charge in [0.2, 0.25) is 5.91 Å². The Balaban J connectivity index is 1.73. The Labute approximate surface area is 121 Å². The summed E-state index contributed by atoms with van der Waals surface area (Å²) in [6.07, 6.45) is 3.44. The lowest BCUT2D eigenvalue weighted by Gasteiger charge is -2.34. The highest BCUT2D eigenvalue weighted by molar-refractivity contribution is 5.81. The van der Waals surface area contributed by atoms with E-state index in [-0.39, 0.29) is 11.9 Å². The molecule has 1 saturated heterocycles. The number of hydrogen-bond acceptors (Lipinski definition) is 3. The summed E-state index contributed by atoms with van der Waals surface area (Å²) in [6.45, 7) is 3.71. The first kappa shape index (κ1) is 15.0. The third-order valence-corrected chi connectivity index (χ3v) is 3.91. The molecule has 1 fully saturated rings. The maximum atomic E-state index is 11.8. The van der Waals surface area contributed by atoms with Crippen molar-refractivity contribution in [3.8, 4) is 0 Å². The molecule has 4 nitrogen and oxygen atoms in total. The van der Waals surface area contributed by atoms with Crippen LogP contribution in [0.25, 0.3) is 0 Å². The van der Waals surface area contributed by atoms with Gasteiger partial charge in [-0.3, -0.25) is 9.69 Å². The quantitative estimate of drug-likeness (QED) is 0.762. The molecule has 2 rings (SSSR count). The highest BCUT2D eigenvalue weighted by Gasteiger charge is 2.26. The summed E-state index contributed by atoms with van der Waals surface area (Å²) in [5, 5.41) is 6.05. The molecule has 1 atom stereocenters. The van der Waals surface area contributed by atoms with Crippen LogP contribution in [-0.4, -0.2) is 50.1 Å². The topological polar surface area (TPSA) is 44.4 Å². The van der Waals surface area contributed by atoms with Crippen LogP contribution in [0.3, 0.4) is 0 Å². The molecular formula is C16H25N3O. The number of likely N-dealkylation sites (N-methyl/N-ethyl adjacent to an activating group) is 1. The second-order valence-corrected chi connectivity index (χ2v) is 5.31. The van der Waals surface area contributed by atoms with E-state index in [0.29, 0.717) is 0 Å². The van der Waals surface area contributed by atoms with E-state index in [0.717, 1.165) is 39.0 Å². The Morgan fingerprint density at radius 1 is 1.35 bits per heavy atom. The van der Waals surface area contributed by atoms with Gasteiger partial charge in [0.05, 0.1) is 0 Å². The number of unbranched alkanes of at least 4 members (excludes halogenated alkanes) is 1. The van der Waals surface area contributed by atoms with Gasteiger partial charge in [-0.25, -0.2) is 0 Å². The molecule has 0 bridgehead atoms. The monoisotopic (exact) mass is 275 g/mol. The Bertz CT molecular complexity index is 407. The average Bonchev–Trinajstić information content (AvgIpc) is 2.52. The van der Waals surface area contributed by atoms with Gasteiger partial charge in [0.25, 0.3) is 0 Å². The van der Waals surface area contributed by atoms with Crippen molar-refractivity contribution < 1.29 is 4.79 Å². The smallest absolute Gasteiger partial charge is 0.238 e. The standard InChI is InChI=1S/C16H25N3O/c1-17-16(20)15-13-18-10-12-19(15)11-6-5-9-14-7-3-2-4-8-14/h2-4,7-8,15,18H,5-6,9-13H2,1H3,(H,17,20). The summed E-state index contributed by atoms with van der Waals surface area (Å²) in [7, 11) is 1.71. The van der Waals surface area contributed by atoms with Crippen molar-refractivity contribution in [2.24, 2.45) is 0 Å². The minimum absolute atomic E-state index is 0.00882. The predicted molar refractivity (Wildman–Crippen MR) is 81.7 cm³/mol. The highest BCUT2D eigenvalue weighted by atomic mass is 16.2. The lowest BCUT2D eigenvalue weighted by molar-refractivity contribution is -0.126. The number of nitrogens with one attached hydrogen (secondary N) is 2. The molecule has 20 heavy (non-hydrogen) atoms. The van der Waals surface area contributed by atoms with Crippen LogP contribution in [0.1, 0.15) is 18.4 Å². The fraction of sp³-hybridized carbons (Fsp3) is 0.562. The molecule has 1 amide bonds. The third kappa shape index (κ3) is 4.32. The largest absolute Gasteiger partial charge is 0.358 e. The summed E-state index contributed by atoms with van der Waals surface area (Å²) in [4.78, 5) is 14.1. The molecule has 0 spiro atoms. The van der Waals surface area contributed by atoms with Crippen LogP contribution in [0.2, 0.25) is 0 Å². The summed E-state index contributed by atoms with van der Waals surface area (Å²) < 4.78 is 0. The van der Waals surface area contributed by atoms with Crippen LogP contribution in [0, 0.1) is 0 Å². The van der Waals surface area contributed by atoms with Crippen molar-refractivity contribution in [3.63, 3.8) is 0 Å². The Morgan fingerprint density at radius 3 is 2.90 bits per heavy atom. The maximum absolute atomic E-state index is 11.8. The van der Waals surface area contributed by atoms with Gasteiger partial charge in [-0.05, 0) is 31.4 Å². The molecule has 2 N–H and O–H groups in total. The molecule has 1 aliphatic rings.